The molecular formula is C10H10N4O5. The van der Waals surface area contributed by atoms with Crippen molar-refractivity contribution < 1.29 is 23.9 Å². The van der Waals surface area contributed by atoms with Crippen LogP contribution in [-0.2, 0) is 23.9 Å². The summed E-state index contributed by atoms with van der Waals surface area (Å²) in [5, 5.41) is 0. The van der Waals surface area contributed by atoms with Crippen LogP contribution in [0.4, 0.5) is 0 Å². The van der Waals surface area contributed by atoms with E-state index >= 15 is 0 Å². The maximum atomic E-state index is 10.4. The van der Waals surface area contributed by atoms with Crippen LogP contribution in [0.15, 0.2) is 20.0 Å². The molecule has 0 aromatic rings. The van der Waals surface area contributed by atoms with Gasteiger partial charge in [-0.3, -0.25) is 4.74 Å². The normalized spacial score (nSPS) is 15.3. The molecule has 9 heteroatoms. The zero-order valence-corrected chi connectivity index (χ0v) is 10.2. The van der Waals surface area contributed by atoms with Gasteiger partial charge in [0.25, 0.3) is 11.7 Å². The molecule has 9 nitrogen and oxygen atoms in total. The molecule has 0 saturated heterocycles. The minimum atomic E-state index is -2.01. The first kappa shape index (κ1) is 16.5. The van der Waals surface area contributed by atoms with Crippen molar-refractivity contribution in [1.29, 1.82) is 0 Å². The molecule has 0 unspecified atom stereocenters. The minimum Gasteiger partial charge on any atom is -0.284 e. The molecule has 0 radical (unpaired) electrons. The van der Waals surface area contributed by atoms with Crippen LogP contribution in [0.3, 0.4) is 0 Å². The van der Waals surface area contributed by atoms with E-state index in [1.54, 1.807) is 0 Å². The third-order valence-corrected chi connectivity index (χ3v) is 2.13. The van der Waals surface area contributed by atoms with Gasteiger partial charge in [-0.15, -0.1) is 20.0 Å². The lowest BCUT2D eigenvalue weighted by molar-refractivity contribution is -0.144. The summed E-state index contributed by atoms with van der Waals surface area (Å²) >= 11 is 0. The Hall–Kier alpha value is -2.52. The van der Waals surface area contributed by atoms with Crippen LogP contribution in [0.5, 0.6) is 0 Å². The summed E-state index contributed by atoms with van der Waals surface area (Å²) in [5.41, 5.74) is 0. The van der Waals surface area contributed by atoms with Gasteiger partial charge in [0.2, 0.25) is 24.3 Å². The van der Waals surface area contributed by atoms with Crippen molar-refractivity contribution in [2.45, 2.75) is 38.4 Å². The number of carbonyl (C=O) groups excluding carboxylic acids is 4. The van der Waals surface area contributed by atoms with Crippen molar-refractivity contribution in [2.24, 2.45) is 20.0 Å². The van der Waals surface area contributed by atoms with Crippen LogP contribution in [0, 0.1) is 0 Å². The van der Waals surface area contributed by atoms with Gasteiger partial charge in [0.05, 0.1) is 0 Å². The van der Waals surface area contributed by atoms with E-state index in [0.29, 0.717) is 0 Å². The van der Waals surface area contributed by atoms with Crippen LogP contribution >= 0.6 is 0 Å². The Morgan fingerprint density at radius 3 is 1.16 bits per heavy atom. The molecule has 0 fully saturated rings. The van der Waals surface area contributed by atoms with E-state index in [2.05, 4.69) is 20.0 Å². The van der Waals surface area contributed by atoms with Gasteiger partial charge in [-0.1, -0.05) is 13.8 Å². The van der Waals surface area contributed by atoms with Crippen molar-refractivity contribution in [1.82, 2.24) is 0 Å². The van der Waals surface area contributed by atoms with Gasteiger partial charge in [-0.25, -0.2) is 19.2 Å². The highest BCUT2D eigenvalue weighted by atomic mass is 16.6. The molecule has 0 amide bonds. The van der Waals surface area contributed by atoms with Crippen LogP contribution in [-0.4, -0.2) is 36.0 Å². The first-order chi connectivity index (χ1) is 9.07. The number of ether oxygens (including phenoxy) is 1. The zero-order chi connectivity index (χ0) is 14.8. The van der Waals surface area contributed by atoms with Crippen molar-refractivity contribution >= 4 is 24.3 Å². The maximum absolute atomic E-state index is 10.4. The largest absolute Gasteiger partial charge is 0.284 e. The second-order valence-electron chi connectivity index (χ2n) is 3.11. The maximum Gasteiger partial charge on any atom is 0.281 e. The number of aliphatic imine (C=N–C) groups is 4. The third kappa shape index (κ3) is 4.33. The number of nitrogens with zero attached hydrogens (tertiary/aromatic N) is 4. The van der Waals surface area contributed by atoms with Crippen molar-refractivity contribution in [3.8, 4) is 0 Å². The topological polar surface area (TPSA) is 127 Å². The summed E-state index contributed by atoms with van der Waals surface area (Å²) in [6, 6.07) is 0. The molecule has 0 aromatic heterocycles. The Kier molecular flexibility index (Phi) is 6.71. The van der Waals surface area contributed by atoms with Crippen LogP contribution < -0.4 is 0 Å². The van der Waals surface area contributed by atoms with Gasteiger partial charge in [0.15, 0.2) is 0 Å². The lowest BCUT2D eigenvalue weighted by Gasteiger charge is -2.29. The SMILES string of the molecule is CCC(N=C=O)(N=C=O)OC(CC)(N=C=O)N=C=O. The van der Waals surface area contributed by atoms with Crippen LogP contribution in [0.1, 0.15) is 26.7 Å². The number of hydrogen-bond donors (Lipinski definition) is 0. The predicted octanol–water partition coefficient (Wildman–Crippen LogP) is 0.474. The fourth-order valence-corrected chi connectivity index (χ4v) is 1.15. The number of hydrogen-bond acceptors (Lipinski definition) is 9. The molecule has 0 rings (SSSR count). The Morgan fingerprint density at radius 2 is 1.00 bits per heavy atom. The first-order valence-corrected chi connectivity index (χ1v) is 5.13. The van der Waals surface area contributed by atoms with E-state index in [9.17, 15) is 19.2 Å². The summed E-state index contributed by atoms with van der Waals surface area (Å²) in [4.78, 5) is 54.4. The molecule has 0 N–H and O–H groups in total. The molecule has 19 heavy (non-hydrogen) atoms. The summed E-state index contributed by atoms with van der Waals surface area (Å²) in [6.45, 7) is 2.97. The first-order valence-electron chi connectivity index (χ1n) is 5.13. The molecule has 0 aliphatic rings. The molecule has 0 aromatic carbocycles. The van der Waals surface area contributed by atoms with Gasteiger partial charge in [-0.05, 0) is 0 Å². The summed E-state index contributed by atoms with van der Waals surface area (Å²) < 4.78 is 5.17. The standard InChI is InChI=1S/C10H10N4O5/c1-3-9(11-5-15,12-6-16)19-10(4-2,13-7-17)14-8-18/h3-4H2,1-2H3. The van der Waals surface area contributed by atoms with Gasteiger partial charge in [0, 0.05) is 12.8 Å². The summed E-state index contributed by atoms with van der Waals surface area (Å²) in [5.74, 6) is -4.03. The quantitative estimate of drug-likeness (QED) is 0.466. The second kappa shape index (κ2) is 7.74. The van der Waals surface area contributed by atoms with Crippen molar-refractivity contribution in [2.75, 3.05) is 0 Å². The Bertz CT molecular complexity index is 424. The zero-order valence-electron chi connectivity index (χ0n) is 10.2. The van der Waals surface area contributed by atoms with Crippen molar-refractivity contribution in [3.63, 3.8) is 0 Å². The highest BCUT2D eigenvalue weighted by Gasteiger charge is 2.41. The second-order valence-corrected chi connectivity index (χ2v) is 3.11. The molecule has 0 heterocycles. The van der Waals surface area contributed by atoms with E-state index < -0.39 is 11.7 Å². The molecular weight excluding hydrogens is 256 g/mol. The van der Waals surface area contributed by atoms with Gasteiger partial charge in [0.1, 0.15) is 0 Å². The van der Waals surface area contributed by atoms with E-state index in [-0.39, 0.29) is 12.8 Å². The summed E-state index contributed by atoms with van der Waals surface area (Å²) in [7, 11) is 0. The lowest BCUT2D eigenvalue weighted by atomic mass is 10.2. The molecule has 100 valence electrons. The van der Waals surface area contributed by atoms with Gasteiger partial charge < -0.3 is 0 Å². The van der Waals surface area contributed by atoms with E-state index in [4.69, 9.17) is 4.74 Å². The molecule has 0 aliphatic carbocycles. The summed E-state index contributed by atoms with van der Waals surface area (Å²) in [6.07, 6.45) is 4.53. The Labute approximate surface area is 107 Å². The third-order valence-electron chi connectivity index (χ3n) is 2.13. The average molecular weight is 266 g/mol. The number of rotatable bonds is 8. The van der Waals surface area contributed by atoms with Crippen LogP contribution in [0.2, 0.25) is 0 Å². The van der Waals surface area contributed by atoms with Gasteiger partial charge >= 0.3 is 0 Å². The fraction of sp³-hybridized carbons (Fsp3) is 0.600. The molecule has 0 spiro atoms. The van der Waals surface area contributed by atoms with Crippen molar-refractivity contribution in [3.05, 3.63) is 0 Å². The Balaban J connectivity index is 5.85. The molecule has 0 saturated carbocycles. The number of isocyanates is 4. The molecule has 0 atom stereocenters. The highest BCUT2D eigenvalue weighted by Crippen LogP contribution is 2.30. The molecule has 0 aliphatic heterocycles. The predicted molar refractivity (Wildman–Crippen MR) is 59.6 cm³/mol. The van der Waals surface area contributed by atoms with E-state index in [0.717, 1.165) is 0 Å². The van der Waals surface area contributed by atoms with Crippen LogP contribution in [0.25, 0.3) is 0 Å². The lowest BCUT2D eigenvalue weighted by Crippen LogP contribution is -2.39. The van der Waals surface area contributed by atoms with E-state index in [1.165, 1.54) is 38.2 Å². The average Bonchev–Trinajstić information content (AvgIpc) is 2.39. The van der Waals surface area contributed by atoms with E-state index in [1.807, 2.05) is 0 Å². The fourth-order valence-electron chi connectivity index (χ4n) is 1.15. The minimum absolute atomic E-state index is 0.0814. The highest BCUT2D eigenvalue weighted by molar-refractivity contribution is 5.39. The smallest absolute Gasteiger partial charge is 0.281 e. The monoisotopic (exact) mass is 266 g/mol. The molecule has 0 bridgehead atoms. The van der Waals surface area contributed by atoms with Gasteiger partial charge in [-0.2, -0.15) is 0 Å². The Morgan fingerprint density at radius 1 is 0.737 bits per heavy atom.